The van der Waals surface area contributed by atoms with E-state index < -0.39 is 0 Å². The number of hydrogen-bond acceptors (Lipinski definition) is 3. The number of hydrogen-bond donors (Lipinski definition) is 0. The highest BCUT2D eigenvalue weighted by molar-refractivity contribution is 5.72. The highest BCUT2D eigenvalue weighted by Crippen LogP contribution is 2.31. The molecule has 0 aliphatic carbocycles. The van der Waals surface area contributed by atoms with Gasteiger partial charge in [-0.15, -0.1) is 0 Å². The van der Waals surface area contributed by atoms with Gasteiger partial charge in [-0.25, -0.2) is 9.50 Å². The fraction of sp³-hybridized carbons (Fsp3) is 0.429. The summed E-state index contributed by atoms with van der Waals surface area (Å²) in [5, 5.41) is 4.70. The van der Waals surface area contributed by atoms with E-state index in [4.69, 9.17) is 9.84 Å². The van der Waals surface area contributed by atoms with Gasteiger partial charge in [-0.05, 0) is 45.2 Å². The average molecular weight is 337 g/mol. The fourth-order valence-electron chi connectivity index (χ4n) is 3.45. The first kappa shape index (κ1) is 17.5. The molecule has 0 radical (unpaired) electrons. The topological polar surface area (TPSA) is 39.4 Å². The first-order valence-corrected chi connectivity index (χ1v) is 9.07. The lowest BCUT2D eigenvalue weighted by Crippen LogP contribution is -2.04. The molecule has 25 heavy (non-hydrogen) atoms. The lowest BCUT2D eigenvalue weighted by atomic mass is 9.98. The Balaban J connectivity index is 2.06. The van der Waals surface area contributed by atoms with E-state index >= 15 is 0 Å². The summed E-state index contributed by atoms with van der Waals surface area (Å²) < 4.78 is 7.93. The molecular weight excluding hydrogens is 310 g/mol. The van der Waals surface area contributed by atoms with E-state index in [1.54, 1.807) is 0 Å². The Morgan fingerprint density at radius 2 is 1.72 bits per heavy atom. The summed E-state index contributed by atoms with van der Waals surface area (Å²) in [4.78, 5) is 4.62. The molecule has 0 saturated carbocycles. The summed E-state index contributed by atoms with van der Waals surface area (Å²) in [7, 11) is 0. The van der Waals surface area contributed by atoms with E-state index in [9.17, 15) is 0 Å². The van der Waals surface area contributed by atoms with Crippen LogP contribution < -0.4 is 4.74 Å². The molecule has 2 heterocycles. The van der Waals surface area contributed by atoms with Gasteiger partial charge in [0.1, 0.15) is 0 Å². The van der Waals surface area contributed by atoms with E-state index in [0.717, 1.165) is 35.8 Å². The minimum atomic E-state index is 0.720. The molecule has 1 aromatic carbocycles. The molecule has 132 valence electrons. The van der Waals surface area contributed by atoms with Crippen LogP contribution in [0.2, 0.25) is 0 Å². The van der Waals surface area contributed by atoms with Crippen molar-refractivity contribution < 1.29 is 4.74 Å². The maximum absolute atomic E-state index is 6.01. The molecule has 0 amide bonds. The van der Waals surface area contributed by atoms with Crippen LogP contribution in [0.4, 0.5) is 0 Å². The molecule has 0 aliphatic heterocycles. The van der Waals surface area contributed by atoms with Crippen LogP contribution in [0.15, 0.2) is 24.4 Å². The van der Waals surface area contributed by atoms with Gasteiger partial charge in [0.15, 0.2) is 11.4 Å². The zero-order chi connectivity index (χ0) is 18.0. The number of imidazole rings is 1. The van der Waals surface area contributed by atoms with E-state index in [-0.39, 0.29) is 0 Å². The largest absolute Gasteiger partial charge is 0.490 e. The van der Waals surface area contributed by atoms with Crippen molar-refractivity contribution in [3.05, 3.63) is 46.8 Å². The van der Waals surface area contributed by atoms with E-state index in [1.165, 1.54) is 35.1 Å². The quantitative estimate of drug-likeness (QED) is 0.580. The molecule has 0 bridgehead atoms. The van der Waals surface area contributed by atoms with Crippen molar-refractivity contribution >= 4 is 5.65 Å². The van der Waals surface area contributed by atoms with Crippen LogP contribution in [0, 0.1) is 27.7 Å². The molecule has 4 nitrogen and oxygen atoms in total. The molecule has 0 aliphatic rings. The molecular formula is C21H27N3O. The third-order valence-corrected chi connectivity index (χ3v) is 4.49. The molecule has 0 fully saturated rings. The van der Waals surface area contributed by atoms with Crippen molar-refractivity contribution in [2.75, 3.05) is 6.61 Å². The van der Waals surface area contributed by atoms with Gasteiger partial charge in [0, 0.05) is 11.6 Å². The highest BCUT2D eigenvalue weighted by Gasteiger charge is 2.16. The summed E-state index contributed by atoms with van der Waals surface area (Å²) >= 11 is 0. The van der Waals surface area contributed by atoms with Gasteiger partial charge in [-0.1, -0.05) is 37.5 Å². The molecule has 3 rings (SSSR count). The van der Waals surface area contributed by atoms with Crippen LogP contribution in [0.1, 0.15) is 48.6 Å². The Morgan fingerprint density at radius 1 is 1.00 bits per heavy atom. The molecule has 0 unspecified atom stereocenters. The third kappa shape index (κ3) is 3.53. The van der Waals surface area contributed by atoms with Crippen LogP contribution in [0.5, 0.6) is 5.75 Å². The van der Waals surface area contributed by atoms with Crippen molar-refractivity contribution in [1.82, 2.24) is 14.6 Å². The molecule has 0 saturated heterocycles. The van der Waals surface area contributed by atoms with Gasteiger partial charge in [0.2, 0.25) is 0 Å². The molecule has 0 spiro atoms. The van der Waals surface area contributed by atoms with Crippen molar-refractivity contribution in [3.63, 3.8) is 0 Å². The third-order valence-electron chi connectivity index (χ3n) is 4.49. The number of nitrogens with zero attached hydrogens (tertiary/aromatic N) is 3. The van der Waals surface area contributed by atoms with Crippen LogP contribution in [0.25, 0.3) is 16.9 Å². The Kier molecular flexibility index (Phi) is 5.07. The van der Waals surface area contributed by atoms with Crippen LogP contribution in [0.3, 0.4) is 0 Å². The monoisotopic (exact) mass is 337 g/mol. The first-order valence-electron chi connectivity index (χ1n) is 9.07. The first-order chi connectivity index (χ1) is 12.0. The molecule has 2 aromatic heterocycles. The Labute approximate surface area is 149 Å². The number of unbranched alkanes of at least 4 members (excludes halogenated alkanes) is 2. The van der Waals surface area contributed by atoms with Crippen molar-refractivity contribution in [1.29, 1.82) is 0 Å². The zero-order valence-corrected chi connectivity index (χ0v) is 15.9. The second kappa shape index (κ2) is 7.26. The number of fused-ring (bicyclic) bond motifs is 1. The second-order valence-electron chi connectivity index (χ2n) is 6.86. The molecule has 3 aromatic rings. The standard InChI is InChI=1S/C21H27N3O/c1-6-7-8-9-25-19-12-17(5)23-24-18(13-22-21(19)24)20-15(3)10-14(2)11-16(20)4/h10-13H,6-9H2,1-5H3. The lowest BCUT2D eigenvalue weighted by molar-refractivity contribution is 0.307. The van der Waals surface area contributed by atoms with Gasteiger partial charge in [-0.2, -0.15) is 5.10 Å². The summed E-state index contributed by atoms with van der Waals surface area (Å²) in [6, 6.07) is 6.40. The number of rotatable bonds is 6. The summed E-state index contributed by atoms with van der Waals surface area (Å²) in [5.41, 5.74) is 7.70. The van der Waals surface area contributed by atoms with Gasteiger partial charge >= 0.3 is 0 Å². The molecule has 0 N–H and O–H groups in total. The highest BCUT2D eigenvalue weighted by atomic mass is 16.5. The van der Waals surface area contributed by atoms with Gasteiger partial charge in [0.05, 0.1) is 24.2 Å². The second-order valence-corrected chi connectivity index (χ2v) is 6.86. The van der Waals surface area contributed by atoms with Crippen LogP contribution in [-0.2, 0) is 0 Å². The van der Waals surface area contributed by atoms with E-state index in [2.05, 4.69) is 44.8 Å². The van der Waals surface area contributed by atoms with Crippen molar-refractivity contribution in [2.45, 2.75) is 53.9 Å². The van der Waals surface area contributed by atoms with Gasteiger partial charge in [-0.3, -0.25) is 0 Å². The van der Waals surface area contributed by atoms with Gasteiger partial charge in [0.25, 0.3) is 0 Å². The van der Waals surface area contributed by atoms with E-state index in [0.29, 0.717) is 0 Å². The molecule has 4 heteroatoms. The summed E-state index contributed by atoms with van der Waals surface area (Å²) in [6.07, 6.45) is 5.34. The number of ether oxygens (including phenoxy) is 1. The summed E-state index contributed by atoms with van der Waals surface area (Å²) in [6.45, 7) is 11.3. The maximum atomic E-state index is 6.01. The van der Waals surface area contributed by atoms with Crippen LogP contribution >= 0.6 is 0 Å². The minimum Gasteiger partial charge on any atom is -0.490 e. The SMILES string of the molecule is CCCCCOc1cc(C)nn2c(-c3c(C)cc(C)cc3C)cnc12. The predicted molar refractivity (Wildman–Crippen MR) is 102 cm³/mol. The normalized spacial score (nSPS) is 11.2. The van der Waals surface area contributed by atoms with Crippen LogP contribution in [-0.4, -0.2) is 21.2 Å². The number of aryl methyl sites for hydroxylation is 4. The Bertz CT molecular complexity index is 873. The number of benzene rings is 1. The Hall–Kier alpha value is -2.36. The smallest absolute Gasteiger partial charge is 0.196 e. The minimum absolute atomic E-state index is 0.720. The van der Waals surface area contributed by atoms with Crippen molar-refractivity contribution in [2.24, 2.45) is 0 Å². The lowest BCUT2D eigenvalue weighted by Gasteiger charge is -2.12. The summed E-state index contributed by atoms with van der Waals surface area (Å²) in [5.74, 6) is 0.817. The van der Waals surface area contributed by atoms with Gasteiger partial charge < -0.3 is 4.74 Å². The van der Waals surface area contributed by atoms with E-state index in [1.807, 2.05) is 23.7 Å². The fourth-order valence-corrected chi connectivity index (χ4v) is 3.45. The average Bonchev–Trinajstić information content (AvgIpc) is 2.94. The Morgan fingerprint density at radius 3 is 2.40 bits per heavy atom. The predicted octanol–water partition coefficient (Wildman–Crippen LogP) is 5.20. The maximum Gasteiger partial charge on any atom is 0.196 e. The zero-order valence-electron chi connectivity index (χ0n) is 15.9. The molecule has 0 atom stereocenters. The van der Waals surface area contributed by atoms with Crippen molar-refractivity contribution in [3.8, 4) is 17.0 Å². The number of aromatic nitrogens is 3.